The lowest BCUT2D eigenvalue weighted by Crippen LogP contribution is -2.10. The number of benzene rings is 5. The first kappa shape index (κ1) is 39.2. The molecule has 3 heteroatoms. The molecule has 48 heavy (non-hydrogen) atoms. The standard InChI is InChI=1S/C17H20.C13H16N2.C13H13N.C2H6/c1-13-5-7-14(8-6-13)15-9-11-16(12-10-15)17(2,3)4;1-3-5-10(4-2)11-6-8-12(9-7-11)13(14)15;14-10-11-6-8-13(9-7-11)12-4-2-1-3-5-12;1-2/h5-12H,1-4H3;3-9H,1-2H3,(H3,14,15);1-9H,10,14H2;1-2H3/b;5-3-,10-4+;;. The summed E-state index contributed by atoms with van der Waals surface area (Å²) in [5.41, 5.74) is 23.1. The molecule has 250 valence electrons. The molecule has 0 amide bonds. The van der Waals surface area contributed by atoms with E-state index in [1.54, 1.807) is 0 Å². The van der Waals surface area contributed by atoms with Crippen LogP contribution in [0.25, 0.3) is 27.8 Å². The molecular formula is C45H55N3. The lowest BCUT2D eigenvalue weighted by atomic mass is 9.86. The summed E-state index contributed by atoms with van der Waals surface area (Å²) in [5.74, 6) is 0.106. The molecule has 0 aromatic heterocycles. The van der Waals surface area contributed by atoms with E-state index in [9.17, 15) is 0 Å². The highest BCUT2D eigenvalue weighted by molar-refractivity contribution is 5.95. The van der Waals surface area contributed by atoms with E-state index in [1.165, 1.54) is 44.5 Å². The molecule has 0 aliphatic heterocycles. The molecule has 0 saturated heterocycles. The summed E-state index contributed by atoms with van der Waals surface area (Å²) in [7, 11) is 0. The second-order valence-corrected chi connectivity index (χ2v) is 12.2. The fourth-order valence-corrected chi connectivity index (χ4v) is 4.75. The smallest absolute Gasteiger partial charge is 0.122 e. The van der Waals surface area contributed by atoms with Gasteiger partial charge in [0.05, 0.1) is 0 Å². The average Bonchev–Trinajstić information content (AvgIpc) is 3.12. The van der Waals surface area contributed by atoms with Gasteiger partial charge in [-0.05, 0) is 70.7 Å². The monoisotopic (exact) mass is 637 g/mol. The Morgan fingerprint density at radius 2 is 1.06 bits per heavy atom. The van der Waals surface area contributed by atoms with Crippen LogP contribution in [0.5, 0.6) is 0 Å². The van der Waals surface area contributed by atoms with Crippen molar-refractivity contribution in [3.63, 3.8) is 0 Å². The van der Waals surface area contributed by atoms with Crippen LogP contribution in [0.3, 0.4) is 0 Å². The van der Waals surface area contributed by atoms with Gasteiger partial charge in [-0.2, -0.15) is 0 Å². The van der Waals surface area contributed by atoms with E-state index < -0.39 is 0 Å². The first-order valence-corrected chi connectivity index (χ1v) is 16.8. The number of rotatable bonds is 6. The van der Waals surface area contributed by atoms with Gasteiger partial charge in [-0.15, -0.1) is 0 Å². The van der Waals surface area contributed by atoms with Crippen molar-refractivity contribution >= 4 is 11.4 Å². The van der Waals surface area contributed by atoms with E-state index in [4.69, 9.17) is 16.9 Å². The highest BCUT2D eigenvalue weighted by Crippen LogP contribution is 2.26. The third-order valence-corrected chi connectivity index (χ3v) is 7.62. The number of aryl methyl sites for hydroxylation is 1. The zero-order valence-electron chi connectivity index (χ0n) is 30.2. The van der Waals surface area contributed by atoms with Gasteiger partial charge >= 0.3 is 0 Å². The lowest BCUT2D eigenvalue weighted by molar-refractivity contribution is 0.590. The maximum atomic E-state index is 7.29. The maximum Gasteiger partial charge on any atom is 0.122 e. The highest BCUT2D eigenvalue weighted by Gasteiger charge is 2.12. The second-order valence-electron chi connectivity index (χ2n) is 12.2. The van der Waals surface area contributed by atoms with Gasteiger partial charge < -0.3 is 11.5 Å². The lowest BCUT2D eigenvalue weighted by Gasteiger charge is -2.19. The minimum atomic E-state index is 0.106. The number of hydrogen-bond donors (Lipinski definition) is 3. The van der Waals surface area contributed by atoms with E-state index in [2.05, 4.69) is 125 Å². The Hall–Kier alpha value is -4.99. The summed E-state index contributed by atoms with van der Waals surface area (Å²) in [4.78, 5) is 0. The summed E-state index contributed by atoms with van der Waals surface area (Å²) in [5, 5.41) is 7.29. The predicted octanol–water partition coefficient (Wildman–Crippen LogP) is 11.7. The van der Waals surface area contributed by atoms with Crippen LogP contribution in [0.15, 0.2) is 146 Å². The molecule has 0 spiro atoms. The molecule has 0 fully saturated rings. The fourth-order valence-electron chi connectivity index (χ4n) is 4.75. The van der Waals surface area contributed by atoms with E-state index in [1.807, 2.05) is 76.2 Å². The summed E-state index contributed by atoms with van der Waals surface area (Å²) in [6, 6.07) is 44.0. The zero-order valence-corrected chi connectivity index (χ0v) is 30.2. The average molecular weight is 638 g/mol. The van der Waals surface area contributed by atoms with Crippen molar-refractivity contribution in [2.45, 2.75) is 67.3 Å². The molecule has 0 unspecified atom stereocenters. The number of amidine groups is 1. The molecule has 5 aromatic carbocycles. The first-order valence-electron chi connectivity index (χ1n) is 16.8. The van der Waals surface area contributed by atoms with Crippen LogP contribution in [-0.4, -0.2) is 5.84 Å². The van der Waals surface area contributed by atoms with Crippen LogP contribution in [-0.2, 0) is 12.0 Å². The summed E-state index contributed by atoms with van der Waals surface area (Å²) in [6.07, 6.45) is 6.12. The number of allylic oxidation sites excluding steroid dienone is 4. The van der Waals surface area contributed by atoms with Crippen molar-refractivity contribution in [2.24, 2.45) is 11.5 Å². The molecule has 5 N–H and O–H groups in total. The summed E-state index contributed by atoms with van der Waals surface area (Å²) >= 11 is 0. The summed E-state index contributed by atoms with van der Waals surface area (Å²) < 4.78 is 0. The van der Waals surface area contributed by atoms with Gasteiger partial charge in [0.2, 0.25) is 0 Å². The van der Waals surface area contributed by atoms with Crippen LogP contribution in [0.2, 0.25) is 0 Å². The minimum absolute atomic E-state index is 0.106. The van der Waals surface area contributed by atoms with Crippen LogP contribution in [0.4, 0.5) is 0 Å². The topological polar surface area (TPSA) is 75.9 Å². The maximum absolute atomic E-state index is 7.29. The Balaban J connectivity index is 0.000000245. The third kappa shape index (κ3) is 12.7. The Morgan fingerprint density at radius 3 is 1.48 bits per heavy atom. The second kappa shape index (κ2) is 20.3. The van der Waals surface area contributed by atoms with Crippen molar-refractivity contribution in [1.82, 2.24) is 0 Å². The van der Waals surface area contributed by atoms with Gasteiger partial charge in [0.25, 0.3) is 0 Å². The Kier molecular flexibility index (Phi) is 16.6. The Morgan fingerprint density at radius 1 is 0.625 bits per heavy atom. The number of nitrogens with one attached hydrogen (secondary N) is 1. The van der Waals surface area contributed by atoms with Crippen molar-refractivity contribution < 1.29 is 0 Å². The molecule has 5 rings (SSSR count). The van der Waals surface area contributed by atoms with Gasteiger partial charge in [-0.3, -0.25) is 5.41 Å². The van der Waals surface area contributed by atoms with Gasteiger partial charge in [-0.25, -0.2) is 0 Å². The normalized spacial score (nSPS) is 10.9. The molecule has 0 heterocycles. The SMILES string of the molecule is C/C=C\C(=C/C)c1ccc(C(=N)N)cc1.CC.Cc1ccc(-c2ccc(C(C)(C)C)cc2)cc1.NCc1ccc(-c2ccccc2)cc1. The molecule has 3 nitrogen and oxygen atoms in total. The van der Waals surface area contributed by atoms with E-state index in [0.717, 1.165) is 11.1 Å². The Labute approximate surface area is 290 Å². The molecule has 0 saturated carbocycles. The molecular weight excluding hydrogens is 583 g/mol. The van der Waals surface area contributed by atoms with Gasteiger partial charge in [-0.1, -0.05) is 186 Å². The number of nitrogens with two attached hydrogens (primary N) is 2. The van der Waals surface area contributed by atoms with E-state index in [-0.39, 0.29) is 11.3 Å². The molecule has 5 aromatic rings. The molecule has 0 atom stereocenters. The van der Waals surface area contributed by atoms with E-state index in [0.29, 0.717) is 6.54 Å². The van der Waals surface area contributed by atoms with Gasteiger partial charge in [0.15, 0.2) is 0 Å². The minimum Gasteiger partial charge on any atom is -0.384 e. The number of nitrogen functional groups attached to an aromatic ring is 1. The van der Waals surface area contributed by atoms with Gasteiger partial charge in [0.1, 0.15) is 5.84 Å². The highest BCUT2D eigenvalue weighted by atomic mass is 14.7. The summed E-state index contributed by atoms with van der Waals surface area (Å²) in [6.45, 7) is 17.5. The van der Waals surface area contributed by atoms with E-state index >= 15 is 0 Å². The van der Waals surface area contributed by atoms with Crippen molar-refractivity contribution in [1.29, 1.82) is 5.41 Å². The van der Waals surface area contributed by atoms with Crippen LogP contribution in [0, 0.1) is 12.3 Å². The van der Waals surface area contributed by atoms with Crippen LogP contribution >= 0.6 is 0 Å². The number of hydrogen-bond acceptors (Lipinski definition) is 2. The Bertz CT molecular complexity index is 1690. The predicted molar refractivity (Wildman–Crippen MR) is 212 cm³/mol. The quantitative estimate of drug-likeness (QED) is 0.0984. The molecule has 0 bridgehead atoms. The third-order valence-electron chi connectivity index (χ3n) is 7.62. The zero-order chi connectivity index (χ0) is 35.5. The first-order chi connectivity index (χ1) is 23.0. The fraction of sp³-hybridized carbons (Fsp3) is 0.222. The van der Waals surface area contributed by atoms with Crippen molar-refractivity contribution in [3.05, 3.63) is 173 Å². The molecule has 0 aliphatic rings. The van der Waals surface area contributed by atoms with Gasteiger partial charge in [0, 0.05) is 12.1 Å². The molecule has 0 radical (unpaired) electrons. The van der Waals surface area contributed by atoms with Crippen molar-refractivity contribution in [3.8, 4) is 22.3 Å². The van der Waals surface area contributed by atoms with Crippen LogP contribution in [0.1, 0.15) is 76.3 Å². The largest absolute Gasteiger partial charge is 0.384 e. The molecule has 0 aliphatic carbocycles. The van der Waals surface area contributed by atoms with Crippen molar-refractivity contribution in [2.75, 3.05) is 0 Å². The van der Waals surface area contributed by atoms with Crippen LogP contribution < -0.4 is 11.5 Å².